The lowest BCUT2D eigenvalue weighted by molar-refractivity contribution is -0.137. The number of carbonyl (C=O) groups is 1. The highest BCUT2D eigenvalue weighted by atomic mass is 16.4. The summed E-state index contributed by atoms with van der Waals surface area (Å²) in [5.74, 6) is -1.07. The molecule has 2 unspecified atom stereocenters. The van der Waals surface area contributed by atoms with Crippen LogP contribution in [0.15, 0.2) is 23.8 Å². The summed E-state index contributed by atoms with van der Waals surface area (Å²) in [5, 5.41) is 17.7. The Morgan fingerprint density at radius 2 is 2.42 bits per heavy atom. The van der Waals surface area contributed by atoms with E-state index in [-0.39, 0.29) is 0 Å². The minimum Gasteiger partial charge on any atom is -0.480 e. The Kier molecular flexibility index (Phi) is 2.62. The van der Waals surface area contributed by atoms with Crippen LogP contribution in [0.1, 0.15) is 6.42 Å². The zero-order valence-corrected chi connectivity index (χ0v) is 6.47. The predicted octanol–water partition coefficient (Wildman–Crippen LogP) is -0.355. The second-order valence-electron chi connectivity index (χ2n) is 2.71. The van der Waals surface area contributed by atoms with Crippen LogP contribution >= 0.6 is 0 Å². The molecule has 0 heterocycles. The average molecular weight is 169 g/mol. The molecule has 0 bridgehead atoms. The lowest BCUT2D eigenvalue weighted by Crippen LogP contribution is -2.34. The van der Waals surface area contributed by atoms with E-state index in [1.54, 1.807) is 18.2 Å². The third-order valence-electron chi connectivity index (χ3n) is 1.75. The van der Waals surface area contributed by atoms with Crippen molar-refractivity contribution in [2.24, 2.45) is 5.73 Å². The summed E-state index contributed by atoms with van der Waals surface area (Å²) in [6.07, 6.45) is 4.55. The summed E-state index contributed by atoms with van der Waals surface area (Å²) in [7, 11) is 0. The molecule has 2 atom stereocenters. The van der Waals surface area contributed by atoms with Crippen molar-refractivity contribution >= 4 is 5.97 Å². The van der Waals surface area contributed by atoms with E-state index in [9.17, 15) is 4.79 Å². The van der Waals surface area contributed by atoms with Crippen LogP contribution in [0, 0.1) is 0 Å². The van der Waals surface area contributed by atoms with Gasteiger partial charge in [-0.15, -0.1) is 0 Å². The number of hydrogen-bond donors (Lipinski definition) is 3. The third kappa shape index (κ3) is 1.93. The molecule has 4 nitrogen and oxygen atoms in total. The zero-order chi connectivity index (χ0) is 9.14. The van der Waals surface area contributed by atoms with Gasteiger partial charge in [-0.1, -0.05) is 18.2 Å². The maximum absolute atomic E-state index is 10.4. The average Bonchev–Trinajstić information content (AvgIpc) is 2.03. The third-order valence-corrected chi connectivity index (χ3v) is 1.75. The molecule has 1 aliphatic rings. The van der Waals surface area contributed by atoms with Crippen LogP contribution in [0.5, 0.6) is 0 Å². The monoisotopic (exact) mass is 169 g/mol. The van der Waals surface area contributed by atoms with Gasteiger partial charge in [0, 0.05) is 6.42 Å². The fraction of sp³-hybridized carbons (Fsp3) is 0.375. The van der Waals surface area contributed by atoms with Crippen molar-refractivity contribution < 1.29 is 15.0 Å². The fourth-order valence-corrected chi connectivity index (χ4v) is 1.07. The van der Waals surface area contributed by atoms with E-state index >= 15 is 0 Å². The summed E-state index contributed by atoms with van der Waals surface area (Å²) < 4.78 is 0. The van der Waals surface area contributed by atoms with Gasteiger partial charge >= 0.3 is 5.97 Å². The molecule has 0 saturated carbocycles. The summed E-state index contributed by atoms with van der Waals surface area (Å²) in [4.78, 5) is 10.4. The van der Waals surface area contributed by atoms with Gasteiger partial charge in [0.15, 0.2) is 0 Å². The first-order valence-corrected chi connectivity index (χ1v) is 3.65. The highest BCUT2D eigenvalue weighted by Gasteiger charge is 2.19. The smallest absolute Gasteiger partial charge is 0.324 e. The molecule has 0 spiro atoms. The Bertz CT molecular complexity index is 245. The number of carboxylic acid groups (broad SMARTS) is 1. The molecule has 0 aromatic heterocycles. The van der Waals surface area contributed by atoms with Crippen molar-refractivity contribution in [3.63, 3.8) is 0 Å². The first-order chi connectivity index (χ1) is 5.61. The van der Waals surface area contributed by atoms with E-state index in [0.29, 0.717) is 12.0 Å². The van der Waals surface area contributed by atoms with Gasteiger partial charge in [0.25, 0.3) is 0 Å². The van der Waals surface area contributed by atoms with Crippen molar-refractivity contribution in [1.29, 1.82) is 0 Å². The lowest BCUT2D eigenvalue weighted by Gasteiger charge is -2.16. The molecule has 0 saturated heterocycles. The van der Waals surface area contributed by atoms with Crippen molar-refractivity contribution in [3.05, 3.63) is 23.8 Å². The zero-order valence-electron chi connectivity index (χ0n) is 6.47. The predicted molar refractivity (Wildman–Crippen MR) is 43.5 cm³/mol. The molecule has 0 radical (unpaired) electrons. The van der Waals surface area contributed by atoms with Gasteiger partial charge in [0.2, 0.25) is 0 Å². The van der Waals surface area contributed by atoms with Crippen molar-refractivity contribution in [2.75, 3.05) is 0 Å². The van der Waals surface area contributed by atoms with Gasteiger partial charge in [-0.2, -0.15) is 0 Å². The van der Waals surface area contributed by atoms with Crippen LogP contribution in [-0.4, -0.2) is 28.3 Å². The number of hydrogen-bond acceptors (Lipinski definition) is 3. The standard InChI is InChI=1S/C8H11NO3/c9-7(8(11)12)5-2-1-3-6(10)4-5/h1-3,6-7,10H,4,9H2,(H,11,12). The van der Waals surface area contributed by atoms with Crippen LogP contribution in [-0.2, 0) is 4.79 Å². The molecule has 0 aromatic carbocycles. The number of aliphatic carboxylic acids is 1. The van der Waals surface area contributed by atoms with Crippen LogP contribution in [0.4, 0.5) is 0 Å². The molecule has 0 fully saturated rings. The number of aliphatic hydroxyl groups excluding tert-OH is 1. The molecular formula is C8H11NO3. The Morgan fingerprint density at radius 3 is 2.92 bits per heavy atom. The van der Waals surface area contributed by atoms with Crippen molar-refractivity contribution in [1.82, 2.24) is 0 Å². The molecule has 4 N–H and O–H groups in total. The summed E-state index contributed by atoms with van der Waals surface area (Å²) >= 11 is 0. The molecule has 12 heavy (non-hydrogen) atoms. The Morgan fingerprint density at radius 1 is 1.75 bits per heavy atom. The van der Waals surface area contributed by atoms with Gasteiger partial charge in [-0.3, -0.25) is 4.79 Å². The first-order valence-electron chi connectivity index (χ1n) is 3.65. The quantitative estimate of drug-likeness (QED) is 0.527. The first kappa shape index (κ1) is 8.96. The van der Waals surface area contributed by atoms with Gasteiger partial charge < -0.3 is 15.9 Å². The van der Waals surface area contributed by atoms with Crippen LogP contribution in [0.25, 0.3) is 0 Å². The van der Waals surface area contributed by atoms with E-state index in [1.807, 2.05) is 0 Å². The summed E-state index contributed by atoms with van der Waals surface area (Å²) in [6.45, 7) is 0. The molecule has 66 valence electrons. The van der Waals surface area contributed by atoms with E-state index in [1.165, 1.54) is 0 Å². The van der Waals surface area contributed by atoms with Gasteiger partial charge in [0.1, 0.15) is 6.04 Å². The molecule has 1 aliphatic carbocycles. The van der Waals surface area contributed by atoms with E-state index in [4.69, 9.17) is 15.9 Å². The number of allylic oxidation sites excluding steroid dienone is 2. The van der Waals surface area contributed by atoms with E-state index < -0.39 is 18.1 Å². The molecule has 0 aromatic rings. The van der Waals surface area contributed by atoms with Gasteiger partial charge in [-0.05, 0) is 5.57 Å². The molecule has 4 heteroatoms. The SMILES string of the molecule is NC(C(=O)O)C1=CC=CC(O)C1. The minimum absolute atomic E-state index is 0.309. The lowest BCUT2D eigenvalue weighted by atomic mass is 9.97. The Hall–Kier alpha value is -1.13. The van der Waals surface area contributed by atoms with E-state index in [0.717, 1.165) is 0 Å². The topological polar surface area (TPSA) is 83.6 Å². The maximum Gasteiger partial charge on any atom is 0.324 e. The van der Waals surface area contributed by atoms with Crippen molar-refractivity contribution in [3.8, 4) is 0 Å². The largest absolute Gasteiger partial charge is 0.480 e. The summed E-state index contributed by atoms with van der Waals surface area (Å²) in [5.41, 5.74) is 5.89. The fourth-order valence-electron chi connectivity index (χ4n) is 1.07. The van der Waals surface area contributed by atoms with E-state index in [2.05, 4.69) is 0 Å². The highest BCUT2D eigenvalue weighted by Crippen LogP contribution is 2.14. The number of rotatable bonds is 2. The molecular weight excluding hydrogens is 158 g/mol. The Labute approximate surface area is 70.0 Å². The van der Waals surface area contributed by atoms with Crippen molar-refractivity contribution in [2.45, 2.75) is 18.6 Å². The van der Waals surface area contributed by atoms with Crippen LogP contribution in [0.2, 0.25) is 0 Å². The Balaban J connectivity index is 2.69. The van der Waals surface area contributed by atoms with Gasteiger partial charge in [-0.25, -0.2) is 0 Å². The highest BCUT2D eigenvalue weighted by molar-refractivity contribution is 5.77. The second kappa shape index (κ2) is 3.51. The molecule has 0 amide bonds. The molecule has 1 rings (SSSR count). The molecule has 0 aliphatic heterocycles. The maximum atomic E-state index is 10.4. The number of nitrogens with two attached hydrogens (primary N) is 1. The number of aliphatic hydroxyl groups is 1. The summed E-state index contributed by atoms with van der Waals surface area (Å²) in [6, 6.07) is -0.996. The minimum atomic E-state index is -1.07. The van der Waals surface area contributed by atoms with Gasteiger partial charge in [0.05, 0.1) is 6.10 Å². The normalized spacial score (nSPS) is 24.8. The van der Waals surface area contributed by atoms with Crippen LogP contribution < -0.4 is 5.73 Å². The van der Waals surface area contributed by atoms with Crippen LogP contribution in [0.3, 0.4) is 0 Å². The number of carboxylic acids is 1. The second-order valence-corrected chi connectivity index (χ2v) is 2.71.